The zero-order valence-corrected chi connectivity index (χ0v) is 47.3. The predicted molar refractivity (Wildman–Crippen MR) is 366 cm³/mol. The number of para-hydroxylation sites is 2. The Bertz CT molecular complexity index is 5810. The van der Waals surface area contributed by atoms with Crippen LogP contribution in [0.5, 0.6) is 0 Å². The van der Waals surface area contributed by atoms with Gasteiger partial charge in [-0.3, -0.25) is 0 Å². The molecule has 17 rings (SSSR count). The first kappa shape index (κ1) is 37.3. The fourth-order valence-corrected chi connectivity index (χ4v) is 13.1. The van der Waals surface area contributed by atoms with Gasteiger partial charge in [0.15, 0.2) is 0 Å². The summed E-state index contributed by atoms with van der Waals surface area (Å²) in [4.78, 5) is 3.79. The van der Waals surface area contributed by atoms with Crippen molar-refractivity contribution in [2.45, 2.75) is 27.7 Å². The molecule has 86 heavy (non-hydrogen) atoms. The molecular formula is C82H58N4. The van der Waals surface area contributed by atoms with Gasteiger partial charge in [0, 0.05) is 65.8 Å². The number of benzene rings is 13. The van der Waals surface area contributed by atoms with Crippen LogP contribution >= 0.6 is 0 Å². The Kier molecular flexibility index (Phi) is 8.38. The monoisotopic (exact) mass is 1110 g/mol. The first-order valence-electron chi connectivity index (χ1n) is 35.8. The number of rotatable bonds is 10. The molecule has 0 N–H and O–H groups in total. The molecule has 0 radical (unpaired) electrons. The van der Waals surface area contributed by atoms with E-state index in [1.807, 2.05) is 232 Å². The minimum Gasteiger partial charge on any atom is -0.309 e. The topological polar surface area (TPSA) is 15.3 Å². The van der Waals surface area contributed by atoms with Crippen LogP contribution in [-0.4, -0.2) is 8.80 Å². The molecule has 406 valence electrons. The molecule has 0 atom stereocenters. The van der Waals surface area contributed by atoms with Crippen molar-refractivity contribution in [3.05, 3.63) is 301 Å². The van der Waals surface area contributed by atoms with Gasteiger partial charge >= 0.3 is 0 Å². The molecule has 0 aliphatic rings. The molecular weight excluding hydrogens is 1040 g/mol. The lowest BCUT2D eigenvalue weighted by Gasteiger charge is -2.30. The van der Waals surface area contributed by atoms with Crippen molar-refractivity contribution >= 4 is 110 Å². The Balaban J connectivity index is 1.03. The molecule has 0 unspecified atom stereocenters. The Morgan fingerprint density at radius 2 is 0.558 bits per heavy atom. The maximum atomic E-state index is 10.8. The van der Waals surface area contributed by atoms with Gasteiger partial charge in [-0.15, -0.1) is 0 Å². The second-order valence-electron chi connectivity index (χ2n) is 22.3. The van der Waals surface area contributed by atoms with Gasteiger partial charge in [-0.1, -0.05) is 218 Å². The Labute approximate surface area is 519 Å². The Hall–Kier alpha value is -10.9. The highest BCUT2D eigenvalue weighted by molar-refractivity contribution is 6.31. The van der Waals surface area contributed by atoms with Crippen LogP contribution in [0.2, 0.25) is 0 Å². The molecule has 0 fully saturated rings. The molecule has 4 heterocycles. The average molecular weight is 1110 g/mol. The summed E-state index contributed by atoms with van der Waals surface area (Å²) in [6.45, 7) is 7.79. The van der Waals surface area contributed by atoms with Crippen molar-refractivity contribution < 1.29 is 19.2 Å². The Morgan fingerprint density at radius 3 is 0.872 bits per heavy atom. The van der Waals surface area contributed by atoms with Crippen molar-refractivity contribution in [2.75, 3.05) is 9.80 Å². The molecule has 0 aliphatic heterocycles. The second-order valence-corrected chi connectivity index (χ2v) is 22.3. The zero-order chi connectivity index (χ0) is 69.5. The second kappa shape index (κ2) is 19.3. The van der Waals surface area contributed by atoms with E-state index in [0.717, 1.165) is 66.8 Å². The van der Waals surface area contributed by atoms with E-state index in [4.69, 9.17) is 0 Å². The summed E-state index contributed by atoms with van der Waals surface area (Å²) >= 11 is 0. The number of nitrogens with zero attached hydrogens (tertiary/aromatic N) is 4. The van der Waals surface area contributed by atoms with Crippen LogP contribution < -0.4 is 9.80 Å². The third-order valence-corrected chi connectivity index (χ3v) is 17.3. The van der Waals surface area contributed by atoms with E-state index in [0.29, 0.717) is 22.7 Å². The summed E-state index contributed by atoms with van der Waals surface area (Å²) < 4.78 is 145. The van der Waals surface area contributed by atoms with Gasteiger partial charge in [-0.05, 0) is 155 Å². The number of hydrogen-bond donors (Lipinski definition) is 0. The summed E-state index contributed by atoms with van der Waals surface area (Å²) in [6, 6.07) is 57.1. The first-order valence-corrected chi connectivity index (χ1v) is 28.8. The lowest BCUT2D eigenvalue weighted by Crippen LogP contribution is -2.13. The van der Waals surface area contributed by atoms with Crippen molar-refractivity contribution in [2.24, 2.45) is 0 Å². The van der Waals surface area contributed by atoms with E-state index in [-0.39, 0.29) is 112 Å². The molecule has 0 amide bonds. The first-order chi connectivity index (χ1) is 48.2. The normalized spacial score (nSPS) is 14.2. The summed E-state index contributed by atoms with van der Waals surface area (Å²) in [5, 5.41) is 0.163. The van der Waals surface area contributed by atoms with E-state index >= 15 is 0 Å². The standard InChI is InChI=1S/C82H58N4/c1-51-37-41-59(55-21-9-5-10-22-55)45-73(51)83(74-46-60(42-38-52(74)2)56-23-11-6-12-24-56)69-33-19-35-71-79(69)65-31-17-29-63-67-50-78-68(49-77(67)85(71)81(63)65)64-30-18-32-66-80-70(34-20-36-72(80)86(78)82(64)66)84(75-47-61(43-39-53(75)3)57-25-13-7-14-26-57)76-48-62(44-40-54(76)4)58-27-15-8-16-28-58/h5-50H,1-4H3/i17D,18D,19D,20D,29D,30D,31D,32D,33D,34D,35D,36D,49D,50D. The van der Waals surface area contributed by atoms with Gasteiger partial charge < -0.3 is 18.6 Å². The minimum atomic E-state index is -0.544. The molecule has 4 aromatic heterocycles. The fourth-order valence-electron chi connectivity index (χ4n) is 13.1. The van der Waals surface area contributed by atoms with Gasteiger partial charge in [-0.25, -0.2) is 0 Å². The summed E-state index contributed by atoms with van der Waals surface area (Å²) in [6.07, 6.45) is 0. The predicted octanol–water partition coefficient (Wildman–Crippen LogP) is 22.8. The summed E-state index contributed by atoms with van der Waals surface area (Å²) in [5.41, 5.74) is 12.7. The van der Waals surface area contributed by atoms with Crippen LogP contribution in [-0.2, 0) is 0 Å². The van der Waals surface area contributed by atoms with Crippen molar-refractivity contribution in [1.82, 2.24) is 8.80 Å². The quantitative estimate of drug-likeness (QED) is 0.136. The highest BCUT2D eigenvalue weighted by Crippen LogP contribution is 2.52. The van der Waals surface area contributed by atoms with E-state index in [2.05, 4.69) is 0 Å². The van der Waals surface area contributed by atoms with Gasteiger partial charge in [0.05, 0.1) is 63.7 Å². The number of aryl methyl sites for hydroxylation is 4. The summed E-state index contributed by atoms with van der Waals surface area (Å²) in [7, 11) is 0. The van der Waals surface area contributed by atoms with E-state index < -0.39 is 60.4 Å². The van der Waals surface area contributed by atoms with Gasteiger partial charge in [0.1, 0.15) is 0 Å². The third-order valence-electron chi connectivity index (χ3n) is 17.3. The zero-order valence-electron chi connectivity index (χ0n) is 61.3. The maximum absolute atomic E-state index is 10.8. The minimum absolute atomic E-state index is 0.0312. The molecule has 0 saturated carbocycles. The third kappa shape index (κ3) is 7.49. The molecule has 17 aromatic rings. The van der Waals surface area contributed by atoms with E-state index in [1.165, 1.54) is 8.80 Å². The number of hydrogen-bond acceptors (Lipinski definition) is 2. The number of anilines is 6. The molecule has 13 aromatic carbocycles. The smallest absolute Gasteiger partial charge is 0.0653 e. The van der Waals surface area contributed by atoms with Gasteiger partial charge in [0.2, 0.25) is 0 Å². The molecule has 0 bridgehead atoms. The Morgan fingerprint density at radius 1 is 0.267 bits per heavy atom. The molecule has 4 heteroatoms. The highest BCUT2D eigenvalue weighted by Gasteiger charge is 2.29. The van der Waals surface area contributed by atoms with E-state index in [9.17, 15) is 19.2 Å². The lowest BCUT2D eigenvalue weighted by atomic mass is 9.98. The summed E-state index contributed by atoms with van der Waals surface area (Å²) in [5.74, 6) is 0. The molecule has 0 aliphatic carbocycles. The van der Waals surface area contributed by atoms with Crippen LogP contribution in [0.3, 0.4) is 0 Å². The van der Waals surface area contributed by atoms with Crippen molar-refractivity contribution in [1.29, 1.82) is 0 Å². The van der Waals surface area contributed by atoms with Crippen LogP contribution in [0, 0.1) is 27.7 Å². The average Bonchev–Trinajstić information content (AvgIpc) is 1.49. The molecule has 0 saturated heterocycles. The number of aromatic nitrogens is 2. The van der Waals surface area contributed by atoms with Crippen LogP contribution in [0.1, 0.15) is 41.4 Å². The van der Waals surface area contributed by atoms with Crippen LogP contribution in [0.4, 0.5) is 34.1 Å². The fraction of sp³-hybridized carbons (Fsp3) is 0.0488. The SMILES string of the molecule is [2H]c1c([2H])c([2H])c2c(c1N(c1cc(-c3ccccc3)ccc1C)c1cc(-c3ccccc3)ccc1C)c1c([2H])c([2H])c([2H])c3c4c([2H])c5c(c([2H])c4n2c13)c1c([2H])c([2H])c([2H])c2c3c(N(c4cc(-c6ccccc6)ccc4C)c4cc(-c6ccccc6)ccc4C)c([2H])c([2H])c([2H])c3n5c21. The maximum Gasteiger partial charge on any atom is 0.0653 e. The largest absolute Gasteiger partial charge is 0.309 e. The molecule has 0 spiro atoms. The lowest BCUT2D eigenvalue weighted by molar-refractivity contribution is 1.23. The van der Waals surface area contributed by atoms with Crippen molar-refractivity contribution in [3.63, 3.8) is 0 Å². The van der Waals surface area contributed by atoms with Crippen LogP contribution in [0.15, 0.2) is 279 Å². The number of fused-ring (bicyclic) bond motifs is 12. The van der Waals surface area contributed by atoms with E-state index in [1.54, 1.807) is 0 Å². The molecule has 4 nitrogen and oxygen atoms in total. The van der Waals surface area contributed by atoms with Crippen LogP contribution in [0.25, 0.3) is 121 Å². The highest BCUT2D eigenvalue weighted by atomic mass is 15.2. The van der Waals surface area contributed by atoms with Crippen molar-refractivity contribution in [3.8, 4) is 44.5 Å². The van der Waals surface area contributed by atoms with Gasteiger partial charge in [-0.2, -0.15) is 0 Å². The van der Waals surface area contributed by atoms with Gasteiger partial charge in [0.25, 0.3) is 0 Å².